The van der Waals surface area contributed by atoms with E-state index in [4.69, 9.17) is 10.2 Å². The number of hydrogen-bond acceptors (Lipinski definition) is 4. The van der Waals surface area contributed by atoms with E-state index in [1.807, 2.05) is 0 Å². The number of aliphatic hydroxyl groups excluding tert-OH is 1. The van der Waals surface area contributed by atoms with Crippen LogP contribution < -0.4 is 0 Å². The average Bonchev–Trinajstić information content (AvgIpc) is 2.90. The molecule has 0 radical (unpaired) electrons. The molecule has 116 valence electrons. The summed E-state index contributed by atoms with van der Waals surface area (Å²) >= 11 is 0. The van der Waals surface area contributed by atoms with Gasteiger partial charge in [0.15, 0.2) is 11.6 Å². The standard InChI is InChI=1S/C12H13F2NO5S/c13-9-4-7(12(17)18)5-10(11(9)14)21(19,20)15-3-1-2-8(15)6-16/h4-5,8,16H,1-3,6H2,(H,17,18). The highest BCUT2D eigenvalue weighted by molar-refractivity contribution is 7.89. The van der Waals surface area contributed by atoms with E-state index in [-0.39, 0.29) is 6.54 Å². The number of rotatable bonds is 4. The SMILES string of the molecule is O=C(O)c1cc(F)c(F)c(S(=O)(=O)N2CCCC2CO)c1. The van der Waals surface area contributed by atoms with E-state index in [0.29, 0.717) is 25.0 Å². The molecule has 1 aliphatic heterocycles. The van der Waals surface area contributed by atoms with Crippen LogP contribution in [0.25, 0.3) is 0 Å². The molecule has 1 fully saturated rings. The smallest absolute Gasteiger partial charge is 0.335 e. The van der Waals surface area contributed by atoms with Gasteiger partial charge >= 0.3 is 5.97 Å². The van der Waals surface area contributed by atoms with Crippen LogP contribution in [0.5, 0.6) is 0 Å². The molecular weight excluding hydrogens is 308 g/mol. The molecule has 0 spiro atoms. The molecule has 9 heteroatoms. The van der Waals surface area contributed by atoms with Gasteiger partial charge in [0.05, 0.1) is 12.2 Å². The van der Waals surface area contributed by atoms with Crippen LogP contribution >= 0.6 is 0 Å². The number of aliphatic hydroxyl groups is 1. The van der Waals surface area contributed by atoms with Crippen LogP contribution in [0, 0.1) is 11.6 Å². The Hall–Kier alpha value is -1.58. The molecule has 0 aliphatic carbocycles. The van der Waals surface area contributed by atoms with Gasteiger partial charge in [0.2, 0.25) is 10.0 Å². The third-order valence-corrected chi connectivity index (χ3v) is 5.31. The summed E-state index contributed by atoms with van der Waals surface area (Å²) in [5.74, 6) is -4.73. The Balaban J connectivity index is 2.56. The maximum atomic E-state index is 13.8. The zero-order valence-corrected chi connectivity index (χ0v) is 11.6. The molecule has 1 heterocycles. The topological polar surface area (TPSA) is 94.9 Å². The maximum absolute atomic E-state index is 13.8. The van der Waals surface area contributed by atoms with Crippen molar-refractivity contribution in [3.63, 3.8) is 0 Å². The monoisotopic (exact) mass is 321 g/mol. The summed E-state index contributed by atoms with van der Waals surface area (Å²) in [6.45, 7) is -0.381. The van der Waals surface area contributed by atoms with E-state index in [1.54, 1.807) is 0 Å². The Morgan fingerprint density at radius 2 is 2.05 bits per heavy atom. The quantitative estimate of drug-likeness (QED) is 0.856. The number of halogens is 2. The number of carboxylic acids is 1. The molecule has 0 amide bonds. The van der Waals surface area contributed by atoms with Crippen molar-refractivity contribution in [3.05, 3.63) is 29.3 Å². The minimum atomic E-state index is -4.41. The first-order chi connectivity index (χ1) is 9.78. The molecule has 1 unspecified atom stereocenters. The fraction of sp³-hybridized carbons (Fsp3) is 0.417. The zero-order chi connectivity index (χ0) is 15.8. The Kier molecular flexibility index (Phi) is 4.26. The molecule has 21 heavy (non-hydrogen) atoms. The predicted molar refractivity (Wildman–Crippen MR) is 67.3 cm³/mol. The summed E-state index contributed by atoms with van der Waals surface area (Å²) in [6, 6.07) is 0.290. The molecule has 0 aromatic heterocycles. The lowest BCUT2D eigenvalue weighted by molar-refractivity contribution is 0.0696. The van der Waals surface area contributed by atoms with E-state index in [2.05, 4.69) is 0 Å². The highest BCUT2D eigenvalue weighted by Gasteiger charge is 2.37. The number of carbonyl (C=O) groups is 1. The Morgan fingerprint density at radius 3 is 2.62 bits per heavy atom. The van der Waals surface area contributed by atoms with Crippen molar-refractivity contribution in [3.8, 4) is 0 Å². The highest BCUT2D eigenvalue weighted by atomic mass is 32.2. The lowest BCUT2D eigenvalue weighted by atomic mass is 10.2. The lowest BCUT2D eigenvalue weighted by Gasteiger charge is -2.22. The van der Waals surface area contributed by atoms with Crippen molar-refractivity contribution in [1.82, 2.24) is 4.31 Å². The molecule has 1 saturated heterocycles. The normalized spacial score (nSPS) is 19.9. The summed E-state index contributed by atoms with van der Waals surface area (Å²) in [7, 11) is -4.41. The van der Waals surface area contributed by atoms with Crippen LogP contribution in [-0.2, 0) is 10.0 Å². The van der Waals surface area contributed by atoms with Crippen LogP contribution in [0.3, 0.4) is 0 Å². The van der Waals surface area contributed by atoms with Crippen LogP contribution in [-0.4, -0.2) is 48.1 Å². The molecular formula is C12H13F2NO5S. The largest absolute Gasteiger partial charge is 0.478 e. The van der Waals surface area contributed by atoms with Gasteiger partial charge in [0.1, 0.15) is 4.90 Å². The van der Waals surface area contributed by atoms with Gasteiger partial charge in [-0.1, -0.05) is 0 Å². The molecule has 1 aromatic rings. The average molecular weight is 321 g/mol. The molecule has 1 aliphatic rings. The number of sulfonamides is 1. The van der Waals surface area contributed by atoms with Crippen molar-refractivity contribution in [2.75, 3.05) is 13.2 Å². The van der Waals surface area contributed by atoms with Crippen LogP contribution in [0.2, 0.25) is 0 Å². The van der Waals surface area contributed by atoms with Gasteiger partial charge in [0, 0.05) is 12.6 Å². The first kappa shape index (κ1) is 15.8. The van der Waals surface area contributed by atoms with Gasteiger partial charge in [-0.25, -0.2) is 22.0 Å². The Bertz CT molecular complexity index is 676. The summed E-state index contributed by atoms with van der Waals surface area (Å²) in [5.41, 5.74) is -0.660. The maximum Gasteiger partial charge on any atom is 0.335 e. The van der Waals surface area contributed by atoms with E-state index >= 15 is 0 Å². The fourth-order valence-electron chi connectivity index (χ4n) is 2.31. The second-order valence-electron chi connectivity index (χ2n) is 4.67. The van der Waals surface area contributed by atoms with Gasteiger partial charge < -0.3 is 10.2 Å². The fourth-order valence-corrected chi connectivity index (χ4v) is 4.10. The Labute approximate surface area is 119 Å². The molecule has 0 saturated carbocycles. The second kappa shape index (κ2) is 5.66. The lowest BCUT2D eigenvalue weighted by Crippen LogP contribution is -2.38. The summed E-state index contributed by atoms with van der Waals surface area (Å²) in [5, 5.41) is 18.0. The van der Waals surface area contributed by atoms with E-state index < -0.39 is 50.7 Å². The van der Waals surface area contributed by atoms with Crippen molar-refractivity contribution in [2.24, 2.45) is 0 Å². The predicted octanol–water partition coefficient (Wildman–Crippen LogP) is 0.808. The number of nitrogens with zero attached hydrogens (tertiary/aromatic N) is 1. The van der Waals surface area contributed by atoms with E-state index in [0.717, 1.165) is 4.31 Å². The van der Waals surface area contributed by atoms with Gasteiger partial charge in [-0.2, -0.15) is 4.31 Å². The van der Waals surface area contributed by atoms with Crippen molar-refractivity contribution in [2.45, 2.75) is 23.8 Å². The molecule has 1 aromatic carbocycles. The van der Waals surface area contributed by atoms with Crippen LogP contribution in [0.4, 0.5) is 8.78 Å². The number of carboxylic acid groups (broad SMARTS) is 1. The molecule has 2 N–H and O–H groups in total. The second-order valence-corrected chi connectivity index (χ2v) is 6.53. The minimum Gasteiger partial charge on any atom is -0.478 e. The molecule has 0 bridgehead atoms. The zero-order valence-electron chi connectivity index (χ0n) is 10.8. The first-order valence-corrected chi connectivity index (χ1v) is 7.58. The number of benzene rings is 1. The Morgan fingerprint density at radius 1 is 1.38 bits per heavy atom. The number of hydrogen-bond donors (Lipinski definition) is 2. The van der Waals surface area contributed by atoms with Gasteiger partial charge in [0.25, 0.3) is 0 Å². The third-order valence-electron chi connectivity index (χ3n) is 3.36. The first-order valence-electron chi connectivity index (χ1n) is 6.14. The van der Waals surface area contributed by atoms with Gasteiger partial charge in [-0.15, -0.1) is 0 Å². The summed E-state index contributed by atoms with van der Waals surface area (Å²) < 4.78 is 52.8. The summed E-state index contributed by atoms with van der Waals surface area (Å²) in [4.78, 5) is 9.82. The van der Waals surface area contributed by atoms with E-state index in [1.165, 1.54) is 0 Å². The molecule has 2 rings (SSSR count). The molecule has 6 nitrogen and oxygen atoms in total. The van der Waals surface area contributed by atoms with Crippen LogP contribution in [0.15, 0.2) is 17.0 Å². The summed E-state index contributed by atoms with van der Waals surface area (Å²) in [6.07, 6.45) is 0.881. The van der Waals surface area contributed by atoms with Crippen LogP contribution in [0.1, 0.15) is 23.2 Å². The van der Waals surface area contributed by atoms with Gasteiger partial charge in [-0.3, -0.25) is 0 Å². The number of aromatic carboxylic acids is 1. The van der Waals surface area contributed by atoms with Crippen molar-refractivity contribution >= 4 is 16.0 Å². The van der Waals surface area contributed by atoms with Crippen molar-refractivity contribution in [1.29, 1.82) is 0 Å². The molecule has 1 atom stereocenters. The third kappa shape index (κ3) is 2.76. The minimum absolute atomic E-state index is 0.0614. The van der Waals surface area contributed by atoms with E-state index in [9.17, 15) is 22.0 Å². The highest BCUT2D eigenvalue weighted by Crippen LogP contribution is 2.29. The van der Waals surface area contributed by atoms with Gasteiger partial charge in [-0.05, 0) is 25.0 Å². The van der Waals surface area contributed by atoms with Crippen molar-refractivity contribution < 1.29 is 32.2 Å².